The fourth-order valence-electron chi connectivity index (χ4n) is 3.30. The minimum absolute atomic E-state index is 0. The highest BCUT2D eigenvalue weighted by atomic mass is 35.5. The van der Waals surface area contributed by atoms with E-state index in [-0.39, 0.29) is 43.7 Å². The first-order valence-electron chi connectivity index (χ1n) is 10.1. The van der Waals surface area contributed by atoms with Crippen molar-refractivity contribution in [3.8, 4) is 0 Å². The molecule has 0 aliphatic carbocycles. The normalized spacial score (nSPS) is 16.1. The molecule has 0 bridgehead atoms. The van der Waals surface area contributed by atoms with Crippen molar-refractivity contribution in [3.63, 3.8) is 0 Å². The average Bonchev–Trinajstić information content (AvgIpc) is 2.78. The average molecular weight is 565 g/mol. The number of ketones is 1. The molecule has 0 aromatic heterocycles. The summed E-state index contributed by atoms with van der Waals surface area (Å²) in [6, 6.07) is 10.2. The van der Waals surface area contributed by atoms with E-state index in [1.807, 2.05) is 0 Å². The lowest BCUT2D eigenvalue weighted by Crippen LogP contribution is -2.45. The topological polar surface area (TPSA) is 58.6 Å². The van der Waals surface area contributed by atoms with Gasteiger partial charge >= 0.3 is 0 Å². The number of carbonyl (C=O) groups excluding carboxylic acids is 2. The van der Waals surface area contributed by atoms with Gasteiger partial charge < -0.3 is 15.0 Å². The van der Waals surface area contributed by atoms with E-state index in [1.54, 1.807) is 60.6 Å². The van der Waals surface area contributed by atoms with Crippen LogP contribution in [0.4, 0.5) is 0 Å². The lowest BCUT2D eigenvalue weighted by Gasteiger charge is -2.30. The summed E-state index contributed by atoms with van der Waals surface area (Å²) in [6.07, 6.45) is 3.45. The minimum atomic E-state index is -0.150. The summed E-state index contributed by atoms with van der Waals surface area (Å²) in [7, 11) is 1.60. The van der Waals surface area contributed by atoms with Gasteiger partial charge in [0.15, 0.2) is 5.78 Å². The monoisotopic (exact) mass is 562 g/mol. The van der Waals surface area contributed by atoms with Gasteiger partial charge in [-0.25, -0.2) is 0 Å². The molecule has 1 aliphatic heterocycles. The van der Waals surface area contributed by atoms with Gasteiger partial charge in [-0.15, -0.1) is 12.4 Å². The van der Waals surface area contributed by atoms with Gasteiger partial charge in [-0.2, -0.15) is 0 Å². The van der Waals surface area contributed by atoms with E-state index in [0.717, 1.165) is 0 Å². The van der Waals surface area contributed by atoms with Gasteiger partial charge in [0.25, 0.3) is 0 Å². The lowest BCUT2D eigenvalue weighted by atomic mass is 9.94. The van der Waals surface area contributed by atoms with Crippen molar-refractivity contribution in [2.45, 2.75) is 0 Å². The Morgan fingerprint density at radius 1 is 0.941 bits per heavy atom. The number of hydrogen-bond donors (Lipinski definition) is 1. The standard InChI is InChI=1S/C24H22Cl4N2O3.ClH/c1-33-7-6-29-12-23(31)30-13-17(8-15-2-4-19(25)21(27)10-15)24(32)18(14-30)9-16-3-5-20(26)22(28)11-16;/h2-5,8-11,29H,6-7,12-14H2,1H3;1H/b17-8+,18-9+;. The van der Waals surface area contributed by atoms with Crippen molar-refractivity contribution < 1.29 is 14.3 Å². The number of ether oxygens (including phenoxy) is 1. The summed E-state index contributed by atoms with van der Waals surface area (Å²) in [5.41, 5.74) is 2.37. The highest BCUT2D eigenvalue weighted by Gasteiger charge is 2.29. The molecule has 10 heteroatoms. The Morgan fingerprint density at radius 3 is 1.88 bits per heavy atom. The number of methoxy groups -OCH3 is 1. The summed E-state index contributed by atoms with van der Waals surface area (Å²) in [5, 5.41) is 4.67. The summed E-state index contributed by atoms with van der Waals surface area (Å²) >= 11 is 24.3. The molecule has 5 nitrogen and oxygen atoms in total. The number of benzene rings is 2. The summed E-state index contributed by atoms with van der Waals surface area (Å²) in [4.78, 5) is 27.8. The third-order valence-electron chi connectivity index (χ3n) is 4.99. The van der Waals surface area contributed by atoms with Crippen LogP contribution in [0.1, 0.15) is 11.1 Å². The number of rotatable bonds is 7. The van der Waals surface area contributed by atoms with E-state index in [1.165, 1.54) is 0 Å². The Kier molecular flexibility index (Phi) is 11.4. The summed E-state index contributed by atoms with van der Waals surface area (Å²) in [6.45, 7) is 1.55. The number of likely N-dealkylation sites (tertiary alicyclic amines) is 1. The van der Waals surface area contributed by atoms with Crippen LogP contribution in [0.3, 0.4) is 0 Å². The Hall–Kier alpha value is -1.57. The molecule has 1 aliphatic rings. The second-order valence-corrected chi connectivity index (χ2v) is 9.06. The Balaban J connectivity index is 0.00000408. The van der Waals surface area contributed by atoms with Crippen LogP contribution >= 0.6 is 58.8 Å². The summed E-state index contributed by atoms with van der Waals surface area (Å²) < 4.78 is 5.00. The van der Waals surface area contributed by atoms with Crippen LogP contribution in [-0.4, -0.2) is 56.5 Å². The number of nitrogens with one attached hydrogen (secondary N) is 1. The van der Waals surface area contributed by atoms with E-state index in [9.17, 15) is 9.59 Å². The largest absolute Gasteiger partial charge is 0.383 e. The third-order valence-corrected chi connectivity index (χ3v) is 6.46. The smallest absolute Gasteiger partial charge is 0.237 e. The number of halogens is 5. The molecule has 3 rings (SSSR count). The van der Waals surface area contributed by atoms with E-state index in [0.29, 0.717) is 55.5 Å². The third kappa shape index (κ3) is 7.72. The minimum Gasteiger partial charge on any atom is -0.383 e. The molecule has 0 spiro atoms. The molecule has 0 radical (unpaired) electrons. The predicted octanol–water partition coefficient (Wildman–Crippen LogP) is 5.84. The van der Waals surface area contributed by atoms with Crippen molar-refractivity contribution >= 4 is 82.7 Å². The Bertz CT molecular complexity index is 1040. The number of nitrogens with zero attached hydrogens (tertiary/aromatic N) is 1. The number of piperidine rings is 1. The fourth-order valence-corrected chi connectivity index (χ4v) is 3.92. The number of Topliss-reactive ketones (excluding diaryl/α,β-unsaturated/α-hetero) is 1. The second kappa shape index (κ2) is 13.5. The fraction of sp³-hybridized carbons (Fsp3) is 0.250. The maximum atomic E-state index is 13.3. The van der Waals surface area contributed by atoms with E-state index < -0.39 is 0 Å². The van der Waals surface area contributed by atoms with Crippen LogP contribution < -0.4 is 5.32 Å². The molecule has 0 saturated carbocycles. The lowest BCUT2D eigenvalue weighted by molar-refractivity contribution is -0.130. The van der Waals surface area contributed by atoms with Crippen molar-refractivity contribution in [2.75, 3.05) is 39.9 Å². The first-order chi connectivity index (χ1) is 15.8. The Morgan fingerprint density at radius 2 is 1.44 bits per heavy atom. The zero-order chi connectivity index (χ0) is 24.0. The first kappa shape index (κ1) is 28.7. The molecule has 1 fully saturated rings. The number of amides is 1. The molecule has 1 heterocycles. The molecule has 0 unspecified atom stereocenters. The summed E-state index contributed by atoms with van der Waals surface area (Å²) in [5.74, 6) is -0.276. The maximum Gasteiger partial charge on any atom is 0.237 e. The first-order valence-corrected chi connectivity index (χ1v) is 11.6. The maximum absolute atomic E-state index is 13.3. The molecule has 1 saturated heterocycles. The van der Waals surface area contributed by atoms with Gasteiger partial charge in [0, 0.05) is 37.9 Å². The number of hydrogen-bond acceptors (Lipinski definition) is 4. The quantitative estimate of drug-likeness (QED) is 0.339. The van der Waals surface area contributed by atoms with Crippen LogP contribution in [0.2, 0.25) is 20.1 Å². The van der Waals surface area contributed by atoms with Gasteiger partial charge in [-0.3, -0.25) is 9.59 Å². The SMILES string of the molecule is COCCNCC(=O)N1C/C(=C\c2ccc(Cl)c(Cl)c2)C(=O)/C(=C/c2ccc(Cl)c(Cl)c2)C1.Cl. The molecule has 182 valence electrons. The van der Waals surface area contributed by atoms with Crippen molar-refractivity contribution in [1.82, 2.24) is 10.2 Å². The van der Waals surface area contributed by atoms with Crippen LogP contribution in [0.5, 0.6) is 0 Å². The molecule has 34 heavy (non-hydrogen) atoms. The van der Waals surface area contributed by atoms with Gasteiger partial charge in [0.2, 0.25) is 5.91 Å². The van der Waals surface area contributed by atoms with Crippen LogP contribution in [0.25, 0.3) is 12.2 Å². The predicted molar refractivity (Wildman–Crippen MR) is 142 cm³/mol. The molecule has 2 aromatic rings. The van der Waals surface area contributed by atoms with Crippen molar-refractivity contribution in [2.24, 2.45) is 0 Å². The van der Waals surface area contributed by atoms with Crippen LogP contribution in [-0.2, 0) is 14.3 Å². The molecule has 0 atom stereocenters. The van der Waals surface area contributed by atoms with Crippen molar-refractivity contribution in [1.29, 1.82) is 0 Å². The zero-order valence-electron chi connectivity index (χ0n) is 18.2. The number of carbonyl (C=O) groups is 2. The van der Waals surface area contributed by atoms with Crippen LogP contribution in [0.15, 0.2) is 47.5 Å². The van der Waals surface area contributed by atoms with E-state index in [4.69, 9.17) is 51.1 Å². The van der Waals surface area contributed by atoms with Gasteiger partial charge in [0.05, 0.1) is 33.2 Å². The van der Waals surface area contributed by atoms with Gasteiger partial charge in [-0.05, 0) is 47.5 Å². The molecular formula is C24H23Cl5N2O3. The zero-order valence-corrected chi connectivity index (χ0v) is 22.1. The molecular weight excluding hydrogens is 542 g/mol. The van der Waals surface area contributed by atoms with Gasteiger partial charge in [-0.1, -0.05) is 58.5 Å². The van der Waals surface area contributed by atoms with Gasteiger partial charge in [0.1, 0.15) is 0 Å². The molecule has 2 aromatic carbocycles. The second-order valence-electron chi connectivity index (χ2n) is 7.43. The van der Waals surface area contributed by atoms with E-state index in [2.05, 4.69) is 5.32 Å². The highest BCUT2D eigenvalue weighted by Crippen LogP contribution is 2.28. The van der Waals surface area contributed by atoms with Crippen molar-refractivity contribution in [3.05, 3.63) is 78.8 Å². The van der Waals surface area contributed by atoms with Crippen LogP contribution in [0, 0.1) is 0 Å². The highest BCUT2D eigenvalue weighted by molar-refractivity contribution is 6.42. The van der Waals surface area contributed by atoms with E-state index >= 15 is 0 Å². The molecule has 1 amide bonds. The molecule has 1 N–H and O–H groups in total. The Labute approximate surface area is 225 Å².